The van der Waals surface area contributed by atoms with Crippen molar-refractivity contribution >= 4 is 18.8 Å². The molecule has 4 nitrogen and oxygen atoms in total. The summed E-state index contributed by atoms with van der Waals surface area (Å²) < 4.78 is 0. The summed E-state index contributed by atoms with van der Waals surface area (Å²) in [5.74, 6) is 0.874. The number of rotatable bonds is 2. The molecule has 2 unspecified atom stereocenters. The van der Waals surface area contributed by atoms with E-state index in [-0.39, 0.29) is 12.0 Å². The van der Waals surface area contributed by atoms with Crippen LogP contribution in [-0.4, -0.2) is 24.8 Å². The number of fused-ring (bicyclic) bond motifs is 2. The van der Waals surface area contributed by atoms with Crippen LogP contribution in [-0.2, 0) is 0 Å². The molecule has 2 aliphatic rings. The van der Waals surface area contributed by atoms with Crippen molar-refractivity contribution in [1.82, 2.24) is 5.32 Å². The molecule has 0 amide bonds. The minimum absolute atomic E-state index is 0.0218. The maximum Gasteiger partial charge on any atom is 0.103 e. The highest BCUT2D eigenvalue weighted by Gasteiger charge is 2.22. The lowest BCUT2D eigenvalue weighted by Crippen LogP contribution is -2.24. The third-order valence-corrected chi connectivity index (χ3v) is 2.58. The third kappa shape index (κ3) is 1.88. The van der Waals surface area contributed by atoms with Gasteiger partial charge in [0.15, 0.2) is 0 Å². The largest absolute Gasteiger partial charge is 0.347 e. The highest BCUT2D eigenvalue weighted by atomic mass is 15.0. The van der Waals surface area contributed by atoms with Gasteiger partial charge >= 0.3 is 0 Å². The molecule has 0 aromatic carbocycles. The van der Waals surface area contributed by atoms with Crippen LogP contribution in [0.15, 0.2) is 33.5 Å². The predicted molar refractivity (Wildman–Crippen MR) is 62.6 cm³/mol. The van der Waals surface area contributed by atoms with Crippen molar-refractivity contribution in [3.05, 3.63) is 23.5 Å². The van der Waals surface area contributed by atoms with E-state index in [1.54, 1.807) is 0 Å². The molecule has 1 aliphatic heterocycles. The summed E-state index contributed by atoms with van der Waals surface area (Å²) >= 11 is 0. The molecule has 0 saturated carbocycles. The zero-order valence-corrected chi connectivity index (χ0v) is 8.70. The van der Waals surface area contributed by atoms with Gasteiger partial charge in [0.25, 0.3) is 0 Å². The Morgan fingerprint density at radius 2 is 2.47 bits per heavy atom. The van der Waals surface area contributed by atoms with Gasteiger partial charge in [-0.25, -0.2) is 4.99 Å². The molecule has 4 heteroatoms. The molecule has 1 heterocycles. The van der Waals surface area contributed by atoms with E-state index in [9.17, 15) is 0 Å². The maximum absolute atomic E-state index is 7.37. The summed E-state index contributed by atoms with van der Waals surface area (Å²) in [6.07, 6.45) is 6.23. The molecule has 0 saturated heterocycles. The normalized spacial score (nSPS) is 29.0. The van der Waals surface area contributed by atoms with Gasteiger partial charge < -0.3 is 10.7 Å². The Bertz CT molecular complexity index is 389. The third-order valence-electron chi connectivity index (χ3n) is 2.58. The molecular formula is C11H14N4. The highest BCUT2D eigenvalue weighted by molar-refractivity contribution is 5.84. The quantitative estimate of drug-likeness (QED) is 0.655. The number of hydrogen-bond donors (Lipinski definition) is 2. The van der Waals surface area contributed by atoms with Crippen LogP contribution in [0.5, 0.6) is 0 Å². The minimum atomic E-state index is -0.0522. The molecule has 0 aromatic heterocycles. The molecular weight excluding hydrogens is 188 g/mol. The van der Waals surface area contributed by atoms with Crippen molar-refractivity contribution in [2.24, 2.45) is 15.9 Å². The second-order valence-corrected chi connectivity index (χ2v) is 3.77. The van der Waals surface area contributed by atoms with Gasteiger partial charge in [-0.1, -0.05) is 6.08 Å². The smallest absolute Gasteiger partial charge is 0.103 e. The number of hydrogen-bond acceptors (Lipinski definition) is 4. The van der Waals surface area contributed by atoms with Crippen LogP contribution in [0.1, 0.15) is 13.3 Å². The molecule has 0 spiro atoms. The molecule has 0 radical (unpaired) electrons. The molecule has 15 heavy (non-hydrogen) atoms. The fourth-order valence-electron chi connectivity index (χ4n) is 1.91. The van der Waals surface area contributed by atoms with Crippen molar-refractivity contribution in [2.45, 2.75) is 19.4 Å². The average Bonchev–Trinajstić information content (AvgIpc) is 2.33. The second-order valence-electron chi connectivity index (χ2n) is 3.77. The molecule has 2 rings (SSSR count). The second kappa shape index (κ2) is 3.81. The molecule has 2 N–H and O–H groups in total. The Balaban J connectivity index is 2.43. The van der Waals surface area contributed by atoms with Gasteiger partial charge in [-0.3, -0.25) is 4.99 Å². The molecule has 1 aliphatic carbocycles. The van der Waals surface area contributed by atoms with E-state index in [4.69, 9.17) is 5.41 Å². The van der Waals surface area contributed by atoms with Gasteiger partial charge in [0.1, 0.15) is 5.84 Å². The molecule has 0 fully saturated rings. The van der Waals surface area contributed by atoms with Gasteiger partial charge in [0, 0.05) is 29.9 Å². The Hall–Kier alpha value is -1.71. The van der Waals surface area contributed by atoms with Crippen molar-refractivity contribution in [3.8, 4) is 0 Å². The van der Waals surface area contributed by atoms with Gasteiger partial charge in [-0.15, -0.1) is 0 Å². The van der Waals surface area contributed by atoms with E-state index in [2.05, 4.69) is 22.0 Å². The zero-order valence-electron chi connectivity index (χ0n) is 8.70. The Morgan fingerprint density at radius 1 is 1.67 bits per heavy atom. The van der Waals surface area contributed by atoms with E-state index >= 15 is 0 Å². The lowest BCUT2D eigenvalue weighted by Gasteiger charge is -2.16. The molecule has 2 atom stereocenters. The predicted octanol–water partition coefficient (Wildman–Crippen LogP) is 1.51. The van der Waals surface area contributed by atoms with Gasteiger partial charge in [0.05, 0.1) is 6.04 Å². The molecule has 2 bridgehead atoms. The first kappa shape index (κ1) is 9.83. The monoisotopic (exact) mass is 202 g/mol. The standard InChI is InChI=1S/C11H14N4/c1-7-14-9-3-8(6-12)11(13-2)5-10(4-9)15-7/h3,5-6,8,11-12H,2,4H2,1H3,(H,14,15). The lowest BCUT2D eigenvalue weighted by atomic mass is 10.0. The number of nitrogens with one attached hydrogen (secondary N) is 2. The van der Waals surface area contributed by atoms with Crippen LogP contribution in [0, 0.1) is 11.3 Å². The van der Waals surface area contributed by atoms with Gasteiger partial charge in [0.2, 0.25) is 0 Å². The highest BCUT2D eigenvalue weighted by Crippen LogP contribution is 2.25. The number of amidine groups is 1. The van der Waals surface area contributed by atoms with Crippen LogP contribution in [0.25, 0.3) is 0 Å². The Labute approximate surface area is 89.0 Å². The number of aliphatic imine (C=N–C) groups is 2. The fourth-order valence-corrected chi connectivity index (χ4v) is 1.91. The van der Waals surface area contributed by atoms with Crippen LogP contribution in [0.3, 0.4) is 0 Å². The van der Waals surface area contributed by atoms with Crippen LogP contribution >= 0.6 is 0 Å². The summed E-state index contributed by atoms with van der Waals surface area (Å²) in [4.78, 5) is 8.42. The van der Waals surface area contributed by atoms with Crippen molar-refractivity contribution < 1.29 is 0 Å². The zero-order chi connectivity index (χ0) is 10.8. The topological polar surface area (TPSA) is 60.6 Å². The summed E-state index contributed by atoms with van der Waals surface area (Å²) in [7, 11) is 0. The Kier molecular flexibility index (Phi) is 2.49. The van der Waals surface area contributed by atoms with Crippen LogP contribution < -0.4 is 5.32 Å². The SMILES string of the molecule is C=NC1C=C2CC(=CC1C=N)N=C(C)N2. The number of nitrogens with zero attached hydrogens (tertiary/aromatic N) is 2. The van der Waals surface area contributed by atoms with Gasteiger partial charge in [-0.05, 0) is 19.7 Å². The van der Waals surface area contributed by atoms with Crippen LogP contribution in [0.2, 0.25) is 0 Å². The van der Waals surface area contributed by atoms with Crippen LogP contribution in [0.4, 0.5) is 0 Å². The summed E-state index contributed by atoms with van der Waals surface area (Å²) in [5, 5.41) is 10.6. The maximum atomic E-state index is 7.37. The van der Waals surface area contributed by atoms with Crippen molar-refractivity contribution in [1.29, 1.82) is 5.41 Å². The van der Waals surface area contributed by atoms with Crippen molar-refractivity contribution in [2.75, 3.05) is 0 Å². The average molecular weight is 202 g/mol. The van der Waals surface area contributed by atoms with E-state index in [1.807, 2.05) is 19.1 Å². The summed E-state index contributed by atoms with van der Waals surface area (Å²) in [6.45, 7) is 5.50. The lowest BCUT2D eigenvalue weighted by molar-refractivity contribution is 0.738. The first-order valence-electron chi connectivity index (χ1n) is 4.93. The molecule has 0 aromatic rings. The first-order valence-corrected chi connectivity index (χ1v) is 4.93. The van der Waals surface area contributed by atoms with Crippen molar-refractivity contribution in [3.63, 3.8) is 0 Å². The van der Waals surface area contributed by atoms with E-state index in [0.29, 0.717) is 0 Å². The van der Waals surface area contributed by atoms with E-state index in [0.717, 1.165) is 23.7 Å². The van der Waals surface area contributed by atoms with E-state index in [1.165, 1.54) is 6.21 Å². The summed E-state index contributed by atoms with van der Waals surface area (Å²) in [5.41, 5.74) is 2.12. The fraction of sp³-hybridized carbons (Fsp3) is 0.364. The first-order chi connectivity index (χ1) is 7.22. The molecule has 78 valence electrons. The summed E-state index contributed by atoms with van der Waals surface area (Å²) in [6, 6.07) is -0.0522. The Morgan fingerprint density at radius 3 is 3.13 bits per heavy atom. The minimum Gasteiger partial charge on any atom is -0.347 e. The van der Waals surface area contributed by atoms with Gasteiger partial charge in [-0.2, -0.15) is 0 Å². The van der Waals surface area contributed by atoms with E-state index < -0.39 is 0 Å².